The minimum Gasteiger partial charge on any atom is -0.480 e. The number of hydrogen-bond acceptors (Lipinski definition) is 8. The van der Waals surface area contributed by atoms with E-state index in [-0.39, 0.29) is 13.0 Å². The molecule has 0 bridgehead atoms. The predicted octanol–water partition coefficient (Wildman–Crippen LogP) is 16.4. The molecule has 0 saturated heterocycles. The molecule has 0 heterocycles. The van der Waals surface area contributed by atoms with Crippen LogP contribution in [-0.4, -0.2) is 60.5 Å². The molecule has 0 saturated carbocycles. The first-order chi connectivity index (χ1) is 32.2. The molecule has 11 heteroatoms. The highest BCUT2D eigenvalue weighted by Crippen LogP contribution is 2.43. The molecule has 388 valence electrons. The first-order valence-electron chi connectivity index (χ1n) is 27.5. The van der Waals surface area contributed by atoms with Gasteiger partial charge < -0.3 is 25.2 Å². The number of carboxylic acids is 1. The van der Waals surface area contributed by atoms with E-state index in [1.807, 2.05) is 0 Å². The molecule has 0 rings (SSSR count). The van der Waals surface area contributed by atoms with E-state index in [1.165, 1.54) is 180 Å². The van der Waals surface area contributed by atoms with Crippen LogP contribution < -0.4 is 5.73 Å². The molecule has 0 fully saturated rings. The number of rotatable bonds is 53. The lowest BCUT2D eigenvalue weighted by Crippen LogP contribution is -2.34. The van der Waals surface area contributed by atoms with Crippen LogP contribution in [0.3, 0.4) is 0 Å². The van der Waals surface area contributed by atoms with E-state index in [2.05, 4.69) is 50.3 Å². The number of ether oxygens (including phenoxy) is 2. The molecule has 0 spiro atoms. The number of carbonyl (C=O) groups excluding carboxylic acids is 1. The number of nitrogens with two attached hydrogens (primary N) is 1. The van der Waals surface area contributed by atoms with Crippen molar-refractivity contribution in [1.82, 2.24) is 0 Å². The molecule has 0 aromatic carbocycles. The Morgan fingerprint density at radius 3 is 1.24 bits per heavy atom. The Kier molecular flexibility index (Phi) is 49.7. The molecular formula is C55H104NO9P. The van der Waals surface area contributed by atoms with Gasteiger partial charge in [-0.3, -0.25) is 18.6 Å². The lowest BCUT2D eigenvalue weighted by molar-refractivity contribution is -0.154. The largest absolute Gasteiger partial charge is 0.480 e. The monoisotopic (exact) mass is 954 g/mol. The zero-order valence-electron chi connectivity index (χ0n) is 42.8. The van der Waals surface area contributed by atoms with Crippen molar-refractivity contribution in [3.63, 3.8) is 0 Å². The summed E-state index contributed by atoms with van der Waals surface area (Å²) in [5, 5.41) is 8.94. The van der Waals surface area contributed by atoms with Crippen LogP contribution in [0.15, 0.2) is 36.5 Å². The zero-order chi connectivity index (χ0) is 48.3. The van der Waals surface area contributed by atoms with Crippen molar-refractivity contribution < 1.29 is 42.7 Å². The first-order valence-corrected chi connectivity index (χ1v) is 29.0. The Morgan fingerprint density at radius 1 is 0.485 bits per heavy atom. The Balaban J connectivity index is 4.10. The maximum absolute atomic E-state index is 12.7. The van der Waals surface area contributed by atoms with Crippen molar-refractivity contribution in [2.75, 3.05) is 26.4 Å². The van der Waals surface area contributed by atoms with E-state index >= 15 is 0 Å². The molecule has 0 aromatic heterocycles. The molecular weight excluding hydrogens is 850 g/mol. The van der Waals surface area contributed by atoms with Crippen LogP contribution in [0.2, 0.25) is 0 Å². The molecule has 10 nitrogen and oxygen atoms in total. The van der Waals surface area contributed by atoms with Gasteiger partial charge in [-0.25, -0.2) is 4.57 Å². The van der Waals surface area contributed by atoms with E-state index in [1.54, 1.807) is 0 Å². The number of carboxylic acid groups (broad SMARTS) is 1. The quantitative estimate of drug-likeness (QED) is 0.0232. The number of phosphoric ester groups is 1. The highest BCUT2D eigenvalue weighted by molar-refractivity contribution is 7.47. The maximum atomic E-state index is 12.7. The van der Waals surface area contributed by atoms with Gasteiger partial charge in [0, 0.05) is 13.0 Å². The van der Waals surface area contributed by atoms with Gasteiger partial charge in [-0.15, -0.1) is 0 Å². The van der Waals surface area contributed by atoms with Crippen molar-refractivity contribution >= 4 is 19.8 Å². The minimum absolute atomic E-state index is 0.0175. The number of hydrogen-bond donors (Lipinski definition) is 3. The molecule has 66 heavy (non-hydrogen) atoms. The Morgan fingerprint density at radius 2 is 0.833 bits per heavy atom. The van der Waals surface area contributed by atoms with Gasteiger partial charge in [0.15, 0.2) is 0 Å². The minimum atomic E-state index is -4.62. The molecule has 0 amide bonds. The summed E-state index contributed by atoms with van der Waals surface area (Å²) >= 11 is 0. The summed E-state index contributed by atoms with van der Waals surface area (Å²) in [5.74, 6) is -1.78. The van der Waals surface area contributed by atoms with Crippen molar-refractivity contribution in [3.8, 4) is 0 Å². The molecule has 0 aliphatic heterocycles. The molecule has 0 aromatic rings. The Labute approximate surface area is 406 Å². The predicted molar refractivity (Wildman–Crippen MR) is 277 cm³/mol. The van der Waals surface area contributed by atoms with Crippen molar-refractivity contribution in [2.45, 2.75) is 276 Å². The van der Waals surface area contributed by atoms with E-state index < -0.39 is 45.1 Å². The van der Waals surface area contributed by atoms with E-state index in [4.69, 9.17) is 29.4 Å². The summed E-state index contributed by atoms with van der Waals surface area (Å²) in [5.41, 5.74) is 5.38. The molecule has 0 aliphatic rings. The topological polar surface area (TPSA) is 155 Å². The third kappa shape index (κ3) is 50.1. The number of allylic oxidation sites excluding steroid dienone is 6. The van der Waals surface area contributed by atoms with E-state index in [9.17, 15) is 19.0 Å². The third-order valence-electron chi connectivity index (χ3n) is 12.2. The number of esters is 1. The maximum Gasteiger partial charge on any atom is 0.472 e. The van der Waals surface area contributed by atoms with E-state index in [0.29, 0.717) is 13.0 Å². The third-order valence-corrected chi connectivity index (χ3v) is 13.1. The fourth-order valence-electron chi connectivity index (χ4n) is 7.91. The molecule has 3 atom stereocenters. The number of carbonyl (C=O) groups is 2. The average molecular weight is 954 g/mol. The lowest BCUT2D eigenvalue weighted by atomic mass is 10.0. The van der Waals surface area contributed by atoms with Gasteiger partial charge in [-0.05, 0) is 51.4 Å². The molecule has 0 radical (unpaired) electrons. The van der Waals surface area contributed by atoms with Crippen molar-refractivity contribution in [3.05, 3.63) is 36.5 Å². The smallest absolute Gasteiger partial charge is 0.472 e. The zero-order valence-corrected chi connectivity index (χ0v) is 43.7. The summed E-state index contributed by atoms with van der Waals surface area (Å²) in [4.78, 5) is 33.8. The summed E-state index contributed by atoms with van der Waals surface area (Å²) in [6, 6.07) is -1.47. The number of unbranched alkanes of at least 4 members (excludes halogenated alkanes) is 33. The summed E-state index contributed by atoms with van der Waals surface area (Å²) in [6.45, 7) is 3.92. The van der Waals surface area contributed by atoms with Gasteiger partial charge in [0.25, 0.3) is 0 Å². The highest BCUT2D eigenvalue weighted by Gasteiger charge is 2.27. The first kappa shape index (κ1) is 64.2. The molecule has 0 aliphatic carbocycles. The van der Waals surface area contributed by atoms with Gasteiger partial charge in [-0.1, -0.05) is 243 Å². The number of aliphatic carboxylic acids is 1. The summed E-state index contributed by atoms with van der Waals surface area (Å²) < 4.78 is 33.6. The second-order valence-corrected chi connectivity index (χ2v) is 20.2. The van der Waals surface area contributed by atoms with Crippen molar-refractivity contribution in [1.29, 1.82) is 0 Å². The standard InChI is InChI=1S/C55H104NO9P/c1-3-5-7-9-11-13-15-17-19-21-23-25-26-27-29-31-33-35-37-39-41-43-45-47-54(57)65-52(50-63-66(60,61)64-51-53(56)55(58)59)49-62-48-46-44-42-40-38-36-34-32-30-28-24-22-20-18-16-14-12-10-8-6-4-2/h15,17,21,23,26-27,52-53H,3-14,16,18-20,22,24-25,28-51,56H2,1-2H3,(H,58,59)(H,60,61)/b17-15-,23-21-,27-26-. The van der Waals surface area contributed by atoms with Crippen LogP contribution in [0, 0.1) is 0 Å². The molecule has 4 N–H and O–H groups in total. The normalized spacial score (nSPS) is 13.9. The Hall–Kier alpha value is -1.81. The SMILES string of the molecule is CCCCCCC/C=C\C/C=C\C/C=C\CCCCCCCCCCC(=O)OC(COCCCCCCCCCCCCCCCCCCCCCCC)COP(=O)(O)OCC(N)C(=O)O. The Bertz CT molecular complexity index is 1190. The van der Waals surface area contributed by atoms with Crippen LogP contribution >= 0.6 is 7.82 Å². The second kappa shape index (κ2) is 51.1. The fourth-order valence-corrected chi connectivity index (χ4v) is 8.69. The summed E-state index contributed by atoms with van der Waals surface area (Å²) in [7, 11) is -4.62. The number of phosphoric acid groups is 1. The van der Waals surface area contributed by atoms with Gasteiger partial charge in [0.05, 0.1) is 19.8 Å². The van der Waals surface area contributed by atoms with Gasteiger partial charge in [0.1, 0.15) is 12.1 Å². The van der Waals surface area contributed by atoms with Crippen LogP contribution in [0.4, 0.5) is 0 Å². The van der Waals surface area contributed by atoms with Crippen molar-refractivity contribution in [2.24, 2.45) is 5.73 Å². The van der Waals surface area contributed by atoms with Gasteiger partial charge in [0.2, 0.25) is 0 Å². The van der Waals surface area contributed by atoms with Crippen LogP contribution in [0.1, 0.15) is 264 Å². The highest BCUT2D eigenvalue weighted by atomic mass is 31.2. The van der Waals surface area contributed by atoms with Crippen LogP contribution in [0.5, 0.6) is 0 Å². The second-order valence-electron chi connectivity index (χ2n) is 18.7. The van der Waals surface area contributed by atoms with Crippen LogP contribution in [0.25, 0.3) is 0 Å². The molecule has 3 unspecified atom stereocenters. The lowest BCUT2D eigenvalue weighted by Gasteiger charge is -2.20. The summed E-state index contributed by atoms with van der Waals surface area (Å²) in [6.07, 6.45) is 60.6. The van der Waals surface area contributed by atoms with Gasteiger partial charge >= 0.3 is 19.8 Å². The van der Waals surface area contributed by atoms with Gasteiger partial charge in [-0.2, -0.15) is 0 Å². The van der Waals surface area contributed by atoms with Crippen LogP contribution in [-0.2, 0) is 32.7 Å². The van der Waals surface area contributed by atoms with E-state index in [0.717, 1.165) is 57.8 Å². The average Bonchev–Trinajstić information content (AvgIpc) is 3.30. The fraction of sp³-hybridized carbons (Fsp3) is 0.855.